The summed E-state index contributed by atoms with van der Waals surface area (Å²) < 4.78 is 0. The number of rotatable bonds is 13. The SMILES string of the molecule is CCCCCCC(CCCCCC)CCc1ncc[nH]1. The molecule has 0 atom stereocenters. The Morgan fingerprint density at radius 3 is 2.05 bits per heavy atom. The smallest absolute Gasteiger partial charge is 0.106 e. The number of hydrogen-bond acceptors (Lipinski definition) is 1. The van der Waals surface area contributed by atoms with Crippen molar-refractivity contribution in [2.75, 3.05) is 0 Å². The van der Waals surface area contributed by atoms with Crippen molar-refractivity contribution in [1.29, 1.82) is 0 Å². The van der Waals surface area contributed by atoms with Gasteiger partial charge in [0.05, 0.1) is 0 Å². The van der Waals surface area contributed by atoms with Crippen molar-refractivity contribution in [2.45, 2.75) is 90.9 Å². The second-order valence-corrected chi connectivity index (χ2v) is 6.14. The lowest BCUT2D eigenvalue weighted by Gasteiger charge is -2.16. The maximum Gasteiger partial charge on any atom is 0.106 e. The van der Waals surface area contributed by atoms with E-state index >= 15 is 0 Å². The van der Waals surface area contributed by atoms with Gasteiger partial charge in [0, 0.05) is 18.8 Å². The van der Waals surface area contributed by atoms with Gasteiger partial charge in [0.1, 0.15) is 5.82 Å². The van der Waals surface area contributed by atoms with Gasteiger partial charge in [-0.1, -0.05) is 78.1 Å². The van der Waals surface area contributed by atoms with Crippen LogP contribution in [0.25, 0.3) is 0 Å². The van der Waals surface area contributed by atoms with Crippen LogP contribution in [-0.4, -0.2) is 9.97 Å². The van der Waals surface area contributed by atoms with Crippen LogP contribution in [-0.2, 0) is 6.42 Å². The minimum atomic E-state index is 0.911. The zero-order valence-electron chi connectivity index (χ0n) is 13.7. The molecule has 0 saturated heterocycles. The normalized spacial score (nSPS) is 11.3. The minimum Gasteiger partial charge on any atom is -0.349 e. The standard InChI is InChI=1S/C18H34N2/c1-3-5-7-9-11-17(12-10-8-6-4-2)13-14-18-19-15-16-20-18/h15-17H,3-14H2,1-2H3,(H,19,20). The number of nitrogens with zero attached hydrogens (tertiary/aromatic N) is 1. The summed E-state index contributed by atoms with van der Waals surface area (Å²) in [5, 5.41) is 0. The van der Waals surface area contributed by atoms with Gasteiger partial charge in [0.25, 0.3) is 0 Å². The lowest BCUT2D eigenvalue weighted by atomic mass is 9.90. The monoisotopic (exact) mass is 278 g/mol. The van der Waals surface area contributed by atoms with Crippen LogP contribution in [0.3, 0.4) is 0 Å². The molecule has 0 unspecified atom stereocenters. The Bertz CT molecular complexity index is 280. The highest BCUT2D eigenvalue weighted by Crippen LogP contribution is 2.22. The molecule has 116 valence electrons. The maximum atomic E-state index is 4.35. The number of aromatic nitrogens is 2. The third-order valence-electron chi connectivity index (χ3n) is 4.28. The lowest BCUT2D eigenvalue weighted by molar-refractivity contribution is 0.381. The fraction of sp³-hybridized carbons (Fsp3) is 0.833. The van der Waals surface area contributed by atoms with E-state index in [1.165, 1.54) is 70.6 Å². The number of nitrogens with one attached hydrogen (secondary N) is 1. The first-order valence-electron chi connectivity index (χ1n) is 8.85. The van der Waals surface area contributed by atoms with E-state index in [0.717, 1.165) is 18.2 Å². The number of aryl methyl sites for hydroxylation is 1. The molecule has 2 heteroatoms. The molecule has 0 amide bonds. The van der Waals surface area contributed by atoms with Crippen LogP contribution in [0.15, 0.2) is 12.4 Å². The van der Waals surface area contributed by atoms with E-state index in [9.17, 15) is 0 Å². The van der Waals surface area contributed by atoms with E-state index in [0.29, 0.717) is 0 Å². The summed E-state index contributed by atoms with van der Waals surface area (Å²) in [6.07, 6.45) is 20.3. The van der Waals surface area contributed by atoms with Gasteiger partial charge in [-0.15, -0.1) is 0 Å². The Kier molecular flexibility index (Phi) is 10.3. The van der Waals surface area contributed by atoms with E-state index in [2.05, 4.69) is 23.8 Å². The second kappa shape index (κ2) is 12.0. The molecule has 1 aromatic heterocycles. The fourth-order valence-electron chi connectivity index (χ4n) is 2.93. The van der Waals surface area contributed by atoms with Gasteiger partial charge in [0.2, 0.25) is 0 Å². The summed E-state index contributed by atoms with van der Waals surface area (Å²) in [5.41, 5.74) is 0. The van der Waals surface area contributed by atoms with Crippen molar-refractivity contribution >= 4 is 0 Å². The first-order chi connectivity index (χ1) is 9.86. The topological polar surface area (TPSA) is 28.7 Å². The third-order valence-corrected chi connectivity index (χ3v) is 4.28. The van der Waals surface area contributed by atoms with E-state index < -0.39 is 0 Å². The highest BCUT2D eigenvalue weighted by Gasteiger charge is 2.09. The molecule has 1 N–H and O–H groups in total. The summed E-state index contributed by atoms with van der Waals surface area (Å²) in [7, 11) is 0. The van der Waals surface area contributed by atoms with Gasteiger partial charge in [-0.2, -0.15) is 0 Å². The number of H-pyrrole nitrogens is 1. The molecule has 2 nitrogen and oxygen atoms in total. The van der Waals surface area contributed by atoms with Crippen LogP contribution in [0.5, 0.6) is 0 Å². The molecule has 0 radical (unpaired) electrons. The summed E-state index contributed by atoms with van der Waals surface area (Å²) in [6, 6.07) is 0. The van der Waals surface area contributed by atoms with Gasteiger partial charge in [-0.05, 0) is 12.3 Å². The van der Waals surface area contributed by atoms with Crippen LogP contribution < -0.4 is 0 Å². The molecule has 0 bridgehead atoms. The maximum absolute atomic E-state index is 4.35. The highest BCUT2D eigenvalue weighted by atomic mass is 14.9. The predicted octanol–water partition coefficient (Wildman–Crippen LogP) is 5.90. The summed E-state index contributed by atoms with van der Waals surface area (Å²) in [4.78, 5) is 7.59. The van der Waals surface area contributed by atoms with Crippen molar-refractivity contribution in [2.24, 2.45) is 5.92 Å². The molecule has 1 aromatic rings. The zero-order chi connectivity index (χ0) is 14.5. The number of unbranched alkanes of at least 4 members (excludes halogenated alkanes) is 6. The van der Waals surface area contributed by atoms with Gasteiger partial charge < -0.3 is 4.98 Å². The van der Waals surface area contributed by atoms with Crippen molar-refractivity contribution in [3.8, 4) is 0 Å². The average Bonchev–Trinajstić information content (AvgIpc) is 2.97. The van der Waals surface area contributed by atoms with Crippen molar-refractivity contribution < 1.29 is 0 Å². The number of aromatic amines is 1. The molecule has 0 aliphatic heterocycles. The largest absolute Gasteiger partial charge is 0.349 e. The molecule has 0 spiro atoms. The highest BCUT2D eigenvalue weighted by molar-refractivity contribution is 4.87. The Morgan fingerprint density at radius 1 is 0.900 bits per heavy atom. The van der Waals surface area contributed by atoms with Crippen LogP contribution in [0, 0.1) is 5.92 Å². The van der Waals surface area contributed by atoms with E-state index in [-0.39, 0.29) is 0 Å². The fourth-order valence-corrected chi connectivity index (χ4v) is 2.93. The van der Waals surface area contributed by atoms with E-state index in [1.54, 1.807) is 0 Å². The molecular formula is C18H34N2. The molecule has 1 heterocycles. The number of imidazole rings is 1. The van der Waals surface area contributed by atoms with Crippen LogP contribution in [0.1, 0.15) is 90.3 Å². The zero-order valence-corrected chi connectivity index (χ0v) is 13.7. The van der Waals surface area contributed by atoms with Gasteiger partial charge in [-0.3, -0.25) is 0 Å². The first kappa shape index (κ1) is 17.3. The van der Waals surface area contributed by atoms with Gasteiger partial charge in [0.15, 0.2) is 0 Å². The molecule has 0 fully saturated rings. The Hall–Kier alpha value is -0.790. The molecular weight excluding hydrogens is 244 g/mol. The summed E-state index contributed by atoms with van der Waals surface area (Å²) in [6.45, 7) is 4.58. The Morgan fingerprint density at radius 2 is 1.55 bits per heavy atom. The number of hydrogen-bond donors (Lipinski definition) is 1. The molecule has 1 rings (SSSR count). The van der Waals surface area contributed by atoms with Crippen LogP contribution in [0.4, 0.5) is 0 Å². The Balaban J connectivity index is 2.21. The minimum absolute atomic E-state index is 0.911. The van der Waals surface area contributed by atoms with Crippen molar-refractivity contribution in [3.05, 3.63) is 18.2 Å². The lowest BCUT2D eigenvalue weighted by Crippen LogP contribution is -2.04. The molecule has 0 aliphatic carbocycles. The third kappa shape index (κ3) is 8.39. The van der Waals surface area contributed by atoms with Gasteiger partial charge >= 0.3 is 0 Å². The summed E-state index contributed by atoms with van der Waals surface area (Å²) >= 11 is 0. The van der Waals surface area contributed by atoms with Gasteiger partial charge in [-0.25, -0.2) is 4.98 Å². The van der Waals surface area contributed by atoms with Crippen molar-refractivity contribution in [3.63, 3.8) is 0 Å². The van der Waals surface area contributed by atoms with E-state index in [1.807, 2.05) is 12.4 Å². The predicted molar refractivity (Wildman–Crippen MR) is 87.9 cm³/mol. The Labute approximate surface area is 125 Å². The second-order valence-electron chi connectivity index (χ2n) is 6.14. The quantitative estimate of drug-likeness (QED) is 0.447. The van der Waals surface area contributed by atoms with Crippen LogP contribution in [0.2, 0.25) is 0 Å². The molecule has 0 aliphatic rings. The average molecular weight is 278 g/mol. The molecule has 0 saturated carbocycles. The molecule has 0 aromatic carbocycles. The van der Waals surface area contributed by atoms with Crippen molar-refractivity contribution in [1.82, 2.24) is 9.97 Å². The first-order valence-corrected chi connectivity index (χ1v) is 8.85. The van der Waals surface area contributed by atoms with E-state index in [4.69, 9.17) is 0 Å². The summed E-state index contributed by atoms with van der Waals surface area (Å²) in [5.74, 6) is 2.07. The molecule has 20 heavy (non-hydrogen) atoms. The van der Waals surface area contributed by atoms with Crippen LogP contribution >= 0.6 is 0 Å².